The summed E-state index contributed by atoms with van der Waals surface area (Å²) in [7, 11) is 0. The largest absolute Gasteiger partial charge is 0.472 e. The monoisotopic (exact) mass is 253 g/mol. The van der Waals surface area contributed by atoms with Crippen LogP contribution in [-0.2, 0) is 13.1 Å². The number of benzene rings is 1. The fourth-order valence-electron chi connectivity index (χ4n) is 2.28. The van der Waals surface area contributed by atoms with Crippen LogP contribution in [0.3, 0.4) is 0 Å². The van der Waals surface area contributed by atoms with Gasteiger partial charge in [-0.15, -0.1) is 0 Å². The minimum atomic E-state index is 0.533. The van der Waals surface area contributed by atoms with Crippen LogP contribution < -0.4 is 5.32 Å². The summed E-state index contributed by atoms with van der Waals surface area (Å²) in [6.45, 7) is 1.83. The topological polar surface area (TPSA) is 64.1 Å². The first-order valence-corrected chi connectivity index (χ1v) is 6.09. The van der Waals surface area contributed by atoms with Crippen molar-refractivity contribution in [2.45, 2.75) is 13.1 Å². The molecule has 19 heavy (non-hydrogen) atoms. The van der Waals surface area contributed by atoms with Crippen LogP contribution in [0.2, 0.25) is 0 Å². The standard InChI is InChI=1S/C14H11N3O2/c1-2-10-6-15-7-12(10)5-9(1)14-16-13(17-19-14)11-3-4-18-8-11/h1-5,8,15H,6-7H2. The maximum Gasteiger partial charge on any atom is 0.258 e. The number of furan rings is 1. The zero-order chi connectivity index (χ0) is 12.7. The van der Waals surface area contributed by atoms with Crippen LogP contribution in [0.4, 0.5) is 0 Å². The van der Waals surface area contributed by atoms with Crippen molar-refractivity contribution < 1.29 is 8.94 Å². The summed E-state index contributed by atoms with van der Waals surface area (Å²) in [5, 5.41) is 7.28. The van der Waals surface area contributed by atoms with Crippen molar-refractivity contribution in [1.82, 2.24) is 15.5 Å². The van der Waals surface area contributed by atoms with Gasteiger partial charge in [-0.1, -0.05) is 11.2 Å². The molecule has 5 heteroatoms. The van der Waals surface area contributed by atoms with Gasteiger partial charge in [-0.25, -0.2) is 0 Å². The second-order valence-electron chi connectivity index (χ2n) is 4.52. The van der Waals surface area contributed by atoms with Crippen molar-refractivity contribution in [2.75, 3.05) is 0 Å². The number of fused-ring (bicyclic) bond motifs is 1. The molecule has 1 aliphatic heterocycles. The minimum Gasteiger partial charge on any atom is -0.472 e. The molecule has 0 bridgehead atoms. The SMILES string of the molecule is c1cc(-c2noc(-c3ccc4c(c3)CNC4)n2)co1. The summed E-state index contributed by atoms with van der Waals surface area (Å²) in [5.41, 5.74) is 4.39. The molecule has 4 rings (SSSR count). The van der Waals surface area contributed by atoms with Gasteiger partial charge in [0.2, 0.25) is 5.82 Å². The van der Waals surface area contributed by atoms with E-state index < -0.39 is 0 Å². The molecule has 0 unspecified atom stereocenters. The van der Waals surface area contributed by atoms with Gasteiger partial charge in [0, 0.05) is 18.7 Å². The molecule has 0 spiro atoms. The van der Waals surface area contributed by atoms with Gasteiger partial charge < -0.3 is 14.3 Å². The highest BCUT2D eigenvalue weighted by Gasteiger charge is 2.15. The molecule has 1 aliphatic rings. The lowest BCUT2D eigenvalue weighted by Gasteiger charge is -1.99. The fourth-order valence-corrected chi connectivity index (χ4v) is 2.28. The lowest BCUT2D eigenvalue weighted by Crippen LogP contribution is -1.99. The molecule has 0 saturated carbocycles. The summed E-state index contributed by atoms with van der Waals surface area (Å²) < 4.78 is 10.3. The van der Waals surface area contributed by atoms with Gasteiger partial charge in [0.1, 0.15) is 6.26 Å². The van der Waals surface area contributed by atoms with Crippen molar-refractivity contribution in [2.24, 2.45) is 0 Å². The normalized spacial score (nSPS) is 13.7. The van der Waals surface area contributed by atoms with Crippen LogP contribution in [0.15, 0.2) is 45.7 Å². The van der Waals surface area contributed by atoms with Crippen molar-refractivity contribution in [3.05, 3.63) is 47.9 Å². The number of nitrogens with zero attached hydrogens (tertiary/aromatic N) is 2. The van der Waals surface area contributed by atoms with E-state index >= 15 is 0 Å². The number of hydrogen-bond acceptors (Lipinski definition) is 5. The number of nitrogens with one attached hydrogen (secondary N) is 1. The Labute approximate surface area is 109 Å². The molecule has 94 valence electrons. The molecule has 0 saturated heterocycles. The molecular formula is C14H11N3O2. The highest BCUT2D eigenvalue weighted by atomic mass is 16.5. The van der Waals surface area contributed by atoms with Gasteiger partial charge in [-0.3, -0.25) is 0 Å². The summed E-state index contributed by atoms with van der Waals surface area (Å²) in [6, 6.07) is 8.02. The Morgan fingerprint density at radius 1 is 1.05 bits per heavy atom. The van der Waals surface area contributed by atoms with Crippen LogP contribution in [0, 0.1) is 0 Å². The van der Waals surface area contributed by atoms with Crippen LogP contribution >= 0.6 is 0 Å². The van der Waals surface area contributed by atoms with E-state index in [0.717, 1.165) is 24.2 Å². The first-order chi connectivity index (χ1) is 9.40. The minimum absolute atomic E-state index is 0.533. The zero-order valence-electron chi connectivity index (χ0n) is 10.1. The van der Waals surface area contributed by atoms with Crippen LogP contribution in [0.25, 0.3) is 22.8 Å². The van der Waals surface area contributed by atoms with E-state index in [1.807, 2.05) is 6.07 Å². The molecular weight excluding hydrogens is 242 g/mol. The van der Waals surface area contributed by atoms with Crippen molar-refractivity contribution in [3.63, 3.8) is 0 Å². The van der Waals surface area contributed by atoms with E-state index in [2.05, 4.69) is 27.6 Å². The Hall–Kier alpha value is -2.40. The van der Waals surface area contributed by atoms with Crippen LogP contribution in [0.1, 0.15) is 11.1 Å². The molecule has 2 aromatic heterocycles. The highest BCUT2D eigenvalue weighted by molar-refractivity contribution is 5.60. The van der Waals surface area contributed by atoms with E-state index in [0.29, 0.717) is 11.7 Å². The summed E-state index contributed by atoms with van der Waals surface area (Å²) >= 11 is 0. The Kier molecular flexibility index (Phi) is 2.25. The Balaban J connectivity index is 1.73. The number of rotatable bonds is 2. The average Bonchev–Trinajstić information content (AvgIpc) is 3.18. The Morgan fingerprint density at radius 2 is 2.00 bits per heavy atom. The van der Waals surface area contributed by atoms with Gasteiger partial charge in [0.25, 0.3) is 5.89 Å². The third kappa shape index (κ3) is 1.75. The van der Waals surface area contributed by atoms with Crippen molar-refractivity contribution in [3.8, 4) is 22.8 Å². The smallest absolute Gasteiger partial charge is 0.258 e. The Morgan fingerprint density at radius 3 is 2.89 bits per heavy atom. The summed E-state index contributed by atoms with van der Waals surface area (Å²) in [4.78, 5) is 4.39. The maximum absolute atomic E-state index is 5.31. The average molecular weight is 253 g/mol. The third-order valence-electron chi connectivity index (χ3n) is 3.29. The van der Waals surface area contributed by atoms with Gasteiger partial charge in [-0.05, 0) is 29.3 Å². The molecule has 0 atom stereocenters. The molecule has 0 aliphatic carbocycles. The fraction of sp³-hybridized carbons (Fsp3) is 0.143. The maximum atomic E-state index is 5.31. The Bertz CT molecular complexity index is 716. The van der Waals surface area contributed by atoms with Gasteiger partial charge in [0.15, 0.2) is 0 Å². The third-order valence-corrected chi connectivity index (χ3v) is 3.29. The number of aromatic nitrogens is 2. The molecule has 0 radical (unpaired) electrons. The first-order valence-electron chi connectivity index (χ1n) is 6.09. The molecule has 1 N–H and O–H groups in total. The second-order valence-corrected chi connectivity index (χ2v) is 4.52. The molecule has 1 aromatic carbocycles. The van der Waals surface area contributed by atoms with Crippen LogP contribution in [-0.4, -0.2) is 10.1 Å². The summed E-state index contributed by atoms with van der Waals surface area (Å²) in [6.07, 6.45) is 3.19. The molecule has 5 nitrogen and oxygen atoms in total. The molecule has 0 fully saturated rings. The number of hydrogen-bond donors (Lipinski definition) is 1. The molecule has 3 heterocycles. The van der Waals surface area contributed by atoms with Crippen LogP contribution in [0.5, 0.6) is 0 Å². The van der Waals surface area contributed by atoms with E-state index in [-0.39, 0.29) is 0 Å². The van der Waals surface area contributed by atoms with Gasteiger partial charge in [-0.2, -0.15) is 4.98 Å². The van der Waals surface area contributed by atoms with Gasteiger partial charge in [0.05, 0.1) is 11.8 Å². The van der Waals surface area contributed by atoms with Gasteiger partial charge >= 0.3 is 0 Å². The quantitative estimate of drug-likeness (QED) is 0.760. The lowest BCUT2D eigenvalue weighted by atomic mass is 10.1. The zero-order valence-corrected chi connectivity index (χ0v) is 10.1. The van der Waals surface area contributed by atoms with E-state index in [1.54, 1.807) is 18.6 Å². The molecule has 3 aromatic rings. The van der Waals surface area contributed by atoms with E-state index in [1.165, 1.54) is 11.1 Å². The highest BCUT2D eigenvalue weighted by Crippen LogP contribution is 2.26. The second kappa shape index (κ2) is 4.07. The molecule has 0 amide bonds. The summed E-state index contributed by atoms with van der Waals surface area (Å²) in [5.74, 6) is 1.08. The predicted octanol–water partition coefficient (Wildman–Crippen LogP) is 2.60. The van der Waals surface area contributed by atoms with E-state index in [9.17, 15) is 0 Å². The van der Waals surface area contributed by atoms with E-state index in [4.69, 9.17) is 8.94 Å². The first kappa shape index (κ1) is 10.5. The van der Waals surface area contributed by atoms with Crippen molar-refractivity contribution >= 4 is 0 Å². The predicted molar refractivity (Wildman–Crippen MR) is 68.0 cm³/mol. The lowest BCUT2D eigenvalue weighted by molar-refractivity contribution is 0.432. The van der Waals surface area contributed by atoms with Crippen molar-refractivity contribution in [1.29, 1.82) is 0 Å².